The molecule has 0 spiro atoms. The smallest absolute Gasteiger partial charge is 0.264 e. The monoisotopic (exact) mass is 327 g/mol. The summed E-state index contributed by atoms with van der Waals surface area (Å²) in [6.45, 7) is 0. The van der Waals surface area contributed by atoms with E-state index >= 15 is 0 Å². The van der Waals surface area contributed by atoms with Crippen molar-refractivity contribution < 1.29 is 4.92 Å². The van der Waals surface area contributed by atoms with E-state index in [-0.39, 0.29) is 10.6 Å². The van der Waals surface area contributed by atoms with Crippen molar-refractivity contribution in [2.24, 2.45) is 4.99 Å². The zero-order valence-corrected chi connectivity index (χ0v) is 13.2. The Morgan fingerprint density at radius 3 is 2.16 bits per heavy atom. The molecule has 5 heteroatoms. The minimum atomic E-state index is -0.356. The first kappa shape index (κ1) is 15.0. The summed E-state index contributed by atoms with van der Waals surface area (Å²) in [5.41, 5.74) is 1.17. The SMILES string of the molecule is O=[N+]([O-])c1c(N=Cc2cccnc2)c2ccccc2c2ccccc12. The maximum Gasteiger partial charge on any atom is 0.303 e. The first-order valence-corrected chi connectivity index (χ1v) is 7.77. The standard InChI is InChI=1S/C20H13N3O2/c24-23(25)20-18-10-4-2-8-16(18)15-7-1-3-9-17(15)19(20)22-13-14-6-5-11-21-12-14/h1-13H. The van der Waals surface area contributed by atoms with Crippen LogP contribution in [0.1, 0.15) is 5.56 Å². The fraction of sp³-hybridized carbons (Fsp3) is 0. The third-order valence-electron chi connectivity index (χ3n) is 4.09. The Morgan fingerprint density at radius 1 is 0.880 bits per heavy atom. The molecule has 0 aliphatic rings. The Labute approximate surface area is 143 Å². The summed E-state index contributed by atoms with van der Waals surface area (Å²) >= 11 is 0. The number of fused-ring (bicyclic) bond motifs is 3. The van der Waals surface area contributed by atoms with Crippen LogP contribution < -0.4 is 0 Å². The molecule has 1 heterocycles. The van der Waals surface area contributed by atoms with E-state index in [1.807, 2.05) is 42.5 Å². The largest absolute Gasteiger partial charge is 0.303 e. The quantitative estimate of drug-likeness (QED) is 0.229. The number of pyridine rings is 1. The molecule has 0 radical (unpaired) electrons. The normalized spacial score (nSPS) is 11.4. The van der Waals surface area contributed by atoms with Crippen LogP contribution in [0.2, 0.25) is 0 Å². The van der Waals surface area contributed by atoms with E-state index in [4.69, 9.17) is 0 Å². The maximum atomic E-state index is 11.8. The van der Waals surface area contributed by atoms with Crippen LogP contribution in [-0.2, 0) is 0 Å². The van der Waals surface area contributed by atoms with E-state index in [9.17, 15) is 10.1 Å². The Morgan fingerprint density at radius 2 is 1.52 bits per heavy atom. The summed E-state index contributed by atoms with van der Waals surface area (Å²) < 4.78 is 0. The highest BCUT2D eigenvalue weighted by atomic mass is 16.6. The molecule has 0 bridgehead atoms. The Bertz CT molecular complexity index is 1120. The topological polar surface area (TPSA) is 68.4 Å². The van der Waals surface area contributed by atoms with Crippen LogP contribution in [0.4, 0.5) is 11.4 Å². The minimum Gasteiger partial charge on any atom is -0.264 e. The van der Waals surface area contributed by atoms with E-state index in [0.29, 0.717) is 11.1 Å². The highest BCUT2D eigenvalue weighted by Crippen LogP contribution is 2.42. The van der Waals surface area contributed by atoms with Crippen LogP contribution >= 0.6 is 0 Å². The van der Waals surface area contributed by atoms with E-state index in [2.05, 4.69) is 9.98 Å². The fourth-order valence-electron chi connectivity index (χ4n) is 3.01. The molecule has 0 aliphatic carbocycles. The van der Waals surface area contributed by atoms with Crippen molar-refractivity contribution in [2.45, 2.75) is 0 Å². The Kier molecular flexibility index (Phi) is 3.67. The van der Waals surface area contributed by atoms with Gasteiger partial charge in [0.25, 0.3) is 0 Å². The number of hydrogen-bond donors (Lipinski definition) is 0. The summed E-state index contributed by atoms with van der Waals surface area (Å²) in [7, 11) is 0. The van der Waals surface area contributed by atoms with Crippen LogP contribution in [0.25, 0.3) is 21.5 Å². The third kappa shape index (κ3) is 2.61. The molecule has 5 nitrogen and oxygen atoms in total. The van der Waals surface area contributed by atoms with E-state index < -0.39 is 0 Å². The second-order valence-electron chi connectivity index (χ2n) is 5.59. The lowest BCUT2D eigenvalue weighted by atomic mass is 9.98. The number of aliphatic imine (C=N–C) groups is 1. The molecule has 4 rings (SSSR count). The molecule has 120 valence electrons. The average Bonchev–Trinajstić information content (AvgIpc) is 2.66. The lowest BCUT2D eigenvalue weighted by Crippen LogP contribution is -1.93. The van der Waals surface area contributed by atoms with Crippen molar-refractivity contribution in [1.29, 1.82) is 0 Å². The van der Waals surface area contributed by atoms with Gasteiger partial charge in [-0.3, -0.25) is 15.1 Å². The first-order valence-electron chi connectivity index (χ1n) is 7.77. The number of aromatic nitrogens is 1. The molecular formula is C20H13N3O2. The highest BCUT2D eigenvalue weighted by Gasteiger charge is 2.22. The number of benzene rings is 3. The second kappa shape index (κ2) is 6.13. The van der Waals surface area contributed by atoms with Crippen molar-refractivity contribution in [3.8, 4) is 0 Å². The Hall–Kier alpha value is -3.60. The van der Waals surface area contributed by atoms with Crippen LogP contribution in [0, 0.1) is 10.1 Å². The zero-order valence-electron chi connectivity index (χ0n) is 13.2. The van der Waals surface area contributed by atoms with E-state index in [1.54, 1.807) is 36.8 Å². The Balaban J connectivity index is 2.08. The molecule has 0 saturated carbocycles. The van der Waals surface area contributed by atoms with Crippen LogP contribution in [0.3, 0.4) is 0 Å². The van der Waals surface area contributed by atoms with Gasteiger partial charge in [-0.2, -0.15) is 0 Å². The van der Waals surface area contributed by atoms with Gasteiger partial charge in [0.1, 0.15) is 5.69 Å². The predicted molar refractivity (Wildman–Crippen MR) is 99.6 cm³/mol. The van der Waals surface area contributed by atoms with E-state index in [0.717, 1.165) is 21.7 Å². The predicted octanol–water partition coefficient (Wildman–Crippen LogP) is 5.05. The molecule has 0 fully saturated rings. The van der Waals surface area contributed by atoms with Crippen LogP contribution in [0.5, 0.6) is 0 Å². The van der Waals surface area contributed by atoms with Gasteiger partial charge in [0.05, 0.1) is 10.3 Å². The third-order valence-corrected chi connectivity index (χ3v) is 4.09. The maximum absolute atomic E-state index is 11.8. The summed E-state index contributed by atoms with van der Waals surface area (Å²) in [5, 5.41) is 15.0. The van der Waals surface area contributed by atoms with E-state index in [1.165, 1.54) is 0 Å². The van der Waals surface area contributed by atoms with Crippen molar-refractivity contribution in [1.82, 2.24) is 4.98 Å². The summed E-state index contributed by atoms with van der Waals surface area (Å²) in [5.74, 6) is 0. The molecular weight excluding hydrogens is 314 g/mol. The van der Waals surface area contributed by atoms with Gasteiger partial charge in [-0.05, 0) is 22.9 Å². The van der Waals surface area contributed by atoms with Crippen molar-refractivity contribution in [2.75, 3.05) is 0 Å². The van der Waals surface area contributed by atoms with Crippen molar-refractivity contribution >= 4 is 39.1 Å². The van der Waals surface area contributed by atoms with Gasteiger partial charge in [-0.1, -0.05) is 48.5 Å². The summed E-state index contributed by atoms with van der Waals surface area (Å²) in [6.07, 6.45) is 4.94. The molecule has 0 unspecified atom stereocenters. The van der Waals surface area contributed by atoms with Gasteiger partial charge in [-0.15, -0.1) is 0 Å². The molecule has 4 aromatic rings. The van der Waals surface area contributed by atoms with Gasteiger partial charge in [0.15, 0.2) is 0 Å². The first-order chi connectivity index (χ1) is 12.3. The van der Waals surface area contributed by atoms with Gasteiger partial charge in [0.2, 0.25) is 0 Å². The lowest BCUT2D eigenvalue weighted by Gasteiger charge is -2.09. The molecule has 3 aromatic carbocycles. The van der Waals surface area contributed by atoms with Gasteiger partial charge >= 0.3 is 5.69 Å². The molecule has 25 heavy (non-hydrogen) atoms. The highest BCUT2D eigenvalue weighted by molar-refractivity contribution is 6.18. The van der Waals surface area contributed by atoms with Gasteiger partial charge in [-0.25, -0.2) is 4.99 Å². The molecule has 0 N–H and O–H groups in total. The molecule has 1 aromatic heterocycles. The van der Waals surface area contributed by atoms with Crippen LogP contribution in [0.15, 0.2) is 78.0 Å². The lowest BCUT2D eigenvalue weighted by molar-refractivity contribution is -0.382. The molecule has 0 amide bonds. The average molecular weight is 327 g/mol. The number of rotatable bonds is 3. The van der Waals surface area contributed by atoms with Crippen LogP contribution in [-0.4, -0.2) is 16.1 Å². The zero-order chi connectivity index (χ0) is 17.2. The van der Waals surface area contributed by atoms with Gasteiger partial charge in [0, 0.05) is 29.6 Å². The second-order valence-corrected chi connectivity index (χ2v) is 5.59. The van der Waals surface area contributed by atoms with Crippen molar-refractivity contribution in [3.63, 3.8) is 0 Å². The fourth-order valence-corrected chi connectivity index (χ4v) is 3.01. The summed E-state index contributed by atoms with van der Waals surface area (Å²) in [6, 6.07) is 18.6. The number of nitro groups is 1. The number of nitro benzene ring substituents is 1. The van der Waals surface area contributed by atoms with Crippen molar-refractivity contribution in [3.05, 3.63) is 88.7 Å². The van der Waals surface area contributed by atoms with Gasteiger partial charge < -0.3 is 0 Å². The summed E-state index contributed by atoms with van der Waals surface area (Å²) in [4.78, 5) is 20.0. The minimum absolute atomic E-state index is 0.0226. The molecule has 0 atom stereocenters. The number of nitrogens with zero attached hydrogens (tertiary/aromatic N) is 3. The molecule has 0 saturated heterocycles. The number of hydrogen-bond acceptors (Lipinski definition) is 4. The molecule has 0 aliphatic heterocycles.